The molecule has 0 N–H and O–H groups in total. The summed E-state index contributed by atoms with van der Waals surface area (Å²) in [5, 5.41) is 0.0294. The molecule has 0 aromatic heterocycles. The Morgan fingerprint density at radius 1 is 1.52 bits per heavy atom. The highest BCUT2D eigenvalue weighted by Crippen LogP contribution is 2.34. The number of amides is 1. The van der Waals surface area contributed by atoms with Crippen molar-refractivity contribution in [2.45, 2.75) is 30.0 Å². The lowest BCUT2D eigenvalue weighted by Gasteiger charge is -2.43. The van der Waals surface area contributed by atoms with Crippen LogP contribution in [0.25, 0.3) is 0 Å². The molecule has 4 nitrogen and oxygen atoms in total. The number of nitrogens with zero attached hydrogens (tertiary/aromatic N) is 1. The second-order valence-corrected chi connectivity index (χ2v) is 5.99. The maximum atomic E-state index is 11.9. The van der Waals surface area contributed by atoms with Crippen molar-refractivity contribution in [3.05, 3.63) is 48.6 Å². The molecule has 1 aromatic carbocycles. The van der Waals surface area contributed by atoms with E-state index < -0.39 is 6.04 Å². The predicted octanol–water partition coefficient (Wildman–Crippen LogP) is 2.60. The van der Waals surface area contributed by atoms with Crippen molar-refractivity contribution in [2.75, 3.05) is 7.11 Å². The second kappa shape index (κ2) is 7.31. The number of β-lactam (4-membered cyclic amide) rings is 1. The van der Waals surface area contributed by atoms with Crippen molar-refractivity contribution in [3.63, 3.8) is 0 Å². The number of rotatable bonds is 7. The lowest BCUT2D eigenvalue weighted by Crippen LogP contribution is -2.58. The summed E-state index contributed by atoms with van der Waals surface area (Å²) in [4.78, 5) is 25.3. The van der Waals surface area contributed by atoms with Crippen LogP contribution in [0.15, 0.2) is 43.0 Å². The summed E-state index contributed by atoms with van der Waals surface area (Å²) in [6.07, 6.45) is 2.54. The van der Waals surface area contributed by atoms with E-state index in [4.69, 9.17) is 4.74 Å². The average molecular weight is 305 g/mol. The van der Waals surface area contributed by atoms with Crippen LogP contribution in [0.4, 0.5) is 0 Å². The molecular weight excluding hydrogens is 286 g/mol. The van der Waals surface area contributed by atoms with Gasteiger partial charge in [-0.2, -0.15) is 0 Å². The normalized spacial score (nSPS) is 18.8. The lowest BCUT2D eigenvalue weighted by molar-refractivity contribution is -0.159. The first kappa shape index (κ1) is 15.6. The van der Waals surface area contributed by atoms with Crippen LogP contribution in [0.2, 0.25) is 0 Å². The Bertz CT molecular complexity index is 518. The van der Waals surface area contributed by atoms with E-state index in [1.807, 2.05) is 18.2 Å². The van der Waals surface area contributed by atoms with Gasteiger partial charge in [0, 0.05) is 5.75 Å². The zero-order valence-electron chi connectivity index (χ0n) is 12.0. The Morgan fingerprint density at radius 2 is 2.24 bits per heavy atom. The molecule has 0 spiro atoms. The van der Waals surface area contributed by atoms with Gasteiger partial charge in [0.05, 0.1) is 18.9 Å². The van der Waals surface area contributed by atoms with Crippen molar-refractivity contribution >= 4 is 23.6 Å². The maximum Gasteiger partial charge on any atom is 0.328 e. The summed E-state index contributed by atoms with van der Waals surface area (Å²) < 4.78 is 4.79. The second-order valence-electron chi connectivity index (χ2n) is 4.82. The number of hydrogen-bond acceptors (Lipinski definition) is 4. The summed E-state index contributed by atoms with van der Waals surface area (Å²) in [5.74, 6) is 0.433. The first-order valence-electron chi connectivity index (χ1n) is 6.82. The summed E-state index contributed by atoms with van der Waals surface area (Å²) in [6, 6.07) is 9.52. The highest BCUT2D eigenvalue weighted by Gasteiger charge is 2.43. The molecule has 1 heterocycles. The van der Waals surface area contributed by atoms with Crippen LogP contribution in [0, 0.1) is 0 Å². The number of benzene rings is 1. The number of hydrogen-bond donors (Lipinski definition) is 0. The Labute approximate surface area is 129 Å². The van der Waals surface area contributed by atoms with Crippen molar-refractivity contribution in [3.8, 4) is 0 Å². The molecule has 21 heavy (non-hydrogen) atoms. The average Bonchev–Trinajstić information content (AvgIpc) is 2.51. The van der Waals surface area contributed by atoms with Crippen molar-refractivity contribution in [1.82, 2.24) is 4.90 Å². The molecule has 0 radical (unpaired) electrons. The molecule has 0 saturated carbocycles. The minimum atomic E-state index is -0.554. The highest BCUT2D eigenvalue weighted by molar-refractivity contribution is 7.99. The molecule has 1 saturated heterocycles. The fraction of sp³-hybridized carbons (Fsp3) is 0.375. The number of likely N-dealkylation sites (tertiary alicyclic amines) is 1. The summed E-state index contributed by atoms with van der Waals surface area (Å²) >= 11 is 1.67. The number of carbonyl (C=O) groups is 2. The Kier molecular flexibility index (Phi) is 5.44. The van der Waals surface area contributed by atoms with Gasteiger partial charge < -0.3 is 9.64 Å². The molecule has 0 aliphatic carbocycles. The topological polar surface area (TPSA) is 46.6 Å². The standard InChI is InChI=1S/C16H19NO3S/c1-3-7-13(16(19)20-2)17-14(18)10-15(17)21-11-12-8-5-4-6-9-12/h3-6,8-9,13,15H,1,7,10-11H2,2H3. The van der Waals surface area contributed by atoms with Gasteiger partial charge in [-0.15, -0.1) is 18.3 Å². The first-order chi connectivity index (χ1) is 10.2. The van der Waals surface area contributed by atoms with Gasteiger partial charge in [-0.3, -0.25) is 4.79 Å². The summed E-state index contributed by atoms with van der Waals surface area (Å²) in [6.45, 7) is 3.65. The molecule has 2 atom stereocenters. The Balaban J connectivity index is 1.98. The summed E-state index contributed by atoms with van der Waals surface area (Å²) in [7, 11) is 1.34. The molecule has 1 amide bonds. The number of thioether (sulfide) groups is 1. The Hall–Kier alpha value is -1.75. The first-order valence-corrected chi connectivity index (χ1v) is 7.87. The van der Waals surface area contributed by atoms with Crippen LogP contribution in [0.3, 0.4) is 0 Å². The van der Waals surface area contributed by atoms with Gasteiger partial charge in [-0.05, 0) is 12.0 Å². The van der Waals surface area contributed by atoms with Gasteiger partial charge in [0.25, 0.3) is 0 Å². The van der Waals surface area contributed by atoms with Crippen LogP contribution in [-0.2, 0) is 20.1 Å². The predicted molar refractivity (Wildman–Crippen MR) is 83.6 cm³/mol. The van der Waals surface area contributed by atoms with E-state index in [9.17, 15) is 9.59 Å². The fourth-order valence-corrected chi connectivity index (χ4v) is 3.56. The molecule has 2 unspecified atom stereocenters. The minimum absolute atomic E-state index is 0.00203. The number of methoxy groups -OCH3 is 1. The van der Waals surface area contributed by atoms with Crippen LogP contribution in [0.5, 0.6) is 0 Å². The van der Waals surface area contributed by atoms with Gasteiger partial charge in [0.2, 0.25) is 5.91 Å². The fourth-order valence-electron chi connectivity index (χ4n) is 2.30. The molecule has 1 aliphatic rings. The number of esters is 1. The highest BCUT2D eigenvalue weighted by atomic mass is 32.2. The monoisotopic (exact) mass is 305 g/mol. The van der Waals surface area contributed by atoms with E-state index in [1.54, 1.807) is 22.7 Å². The quantitative estimate of drug-likeness (QED) is 0.441. The molecule has 1 aliphatic heterocycles. The molecule has 0 bridgehead atoms. The van der Waals surface area contributed by atoms with Crippen molar-refractivity contribution < 1.29 is 14.3 Å². The van der Waals surface area contributed by atoms with Crippen LogP contribution >= 0.6 is 11.8 Å². The van der Waals surface area contributed by atoms with Gasteiger partial charge in [0.15, 0.2) is 0 Å². The van der Waals surface area contributed by atoms with Gasteiger partial charge >= 0.3 is 5.97 Å². The summed E-state index contributed by atoms with van der Waals surface area (Å²) in [5.41, 5.74) is 1.21. The van der Waals surface area contributed by atoms with Gasteiger partial charge in [-0.25, -0.2) is 4.79 Å². The van der Waals surface area contributed by atoms with Crippen molar-refractivity contribution in [1.29, 1.82) is 0 Å². The van der Waals surface area contributed by atoms with E-state index in [0.717, 1.165) is 5.75 Å². The largest absolute Gasteiger partial charge is 0.467 e. The third-order valence-electron chi connectivity index (χ3n) is 3.43. The SMILES string of the molecule is C=CCC(C(=O)OC)N1C(=O)CC1SCc1ccccc1. The third kappa shape index (κ3) is 3.67. The molecule has 1 fully saturated rings. The van der Waals surface area contributed by atoms with E-state index in [1.165, 1.54) is 12.7 Å². The van der Waals surface area contributed by atoms with Gasteiger partial charge in [-0.1, -0.05) is 36.4 Å². The number of ether oxygens (including phenoxy) is 1. The third-order valence-corrected chi connectivity index (χ3v) is 4.71. The molecule has 1 aromatic rings. The molecule has 5 heteroatoms. The number of carbonyl (C=O) groups excluding carboxylic acids is 2. The van der Waals surface area contributed by atoms with E-state index in [0.29, 0.717) is 12.8 Å². The van der Waals surface area contributed by atoms with Crippen LogP contribution in [0.1, 0.15) is 18.4 Å². The van der Waals surface area contributed by atoms with E-state index in [-0.39, 0.29) is 17.3 Å². The molecule has 2 rings (SSSR count). The minimum Gasteiger partial charge on any atom is -0.467 e. The Morgan fingerprint density at radius 3 is 2.81 bits per heavy atom. The smallest absolute Gasteiger partial charge is 0.328 e. The van der Waals surface area contributed by atoms with Crippen LogP contribution < -0.4 is 0 Å². The zero-order chi connectivity index (χ0) is 15.2. The zero-order valence-corrected chi connectivity index (χ0v) is 12.8. The molecule has 112 valence electrons. The van der Waals surface area contributed by atoms with Gasteiger partial charge in [0.1, 0.15) is 6.04 Å². The molecular formula is C16H19NO3S. The lowest BCUT2D eigenvalue weighted by atomic mass is 10.1. The van der Waals surface area contributed by atoms with Crippen molar-refractivity contribution in [2.24, 2.45) is 0 Å². The van der Waals surface area contributed by atoms with E-state index in [2.05, 4.69) is 18.7 Å². The van der Waals surface area contributed by atoms with Crippen LogP contribution in [-0.4, -0.2) is 35.3 Å². The van der Waals surface area contributed by atoms with E-state index >= 15 is 0 Å². The maximum absolute atomic E-state index is 11.9.